The van der Waals surface area contributed by atoms with Crippen molar-refractivity contribution in [1.82, 2.24) is 4.90 Å². The van der Waals surface area contributed by atoms with Crippen molar-refractivity contribution in [2.75, 3.05) is 25.0 Å². The first kappa shape index (κ1) is 16.0. The van der Waals surface area contributed by atoms with E-state index < -0.39 is 10.7 Å². The average Bonchev–Trinajstić information content (AvgIpc) is 2.50. The summed E-state index contributed by atoms with van der Waals surface area (Å²) in [6, 6.07) is 3.54. The quantitative estimate of drug-likeness (QED) is 0.682. The van der Waals surface area contributed by atoms with Crippen LogP contribution < -0.4 is 5.32 Å². The van der Waals surface area contributed by atoms with Crippen molar-refractivity contribution in [3.8, 4) is 0 Å². The lowest BCUT2D eigenvalue weighted by Gasteiger charge is -2.32. The Bertz CT molecular complexity index is 559. The minimum Gasteiger partial charge on any atom is -0.450 e. The number of nitrogens with one attached hydrogen (secondary N) is 1. The highest BCUT2D eigenvalue weighted by atomic mass is 19.1. The number of halogens is 1. The van der Waals surface area contributed by atoms with Crippen molar-refractivity contribution < 1.29 is 18.8 Å². The molecule has 0 bridgehead atoms. The number of nitro groups is 1. The lowest BCUT2D eigenvalue weighted by Crippen LogP contribution is -2.42. The molecule has 0 spiro atoms. The summed E-state index contributed by atoms with van der Waals surface area (Å²) in [4.78, 5) is 23.1. The second kappa shape index (κ2) is 7.06. The first-order valence-electron chi connectivity index (χ1n) is 7.13. The van der Waals surface area contributed by atoms with E-state index in [4.69, 9.17) is 4.74 Å². The fraction of sp³-hybridized carbons (Fsp3) is 0.500. The number of nitro benzene ring substituents is 1. The largest absolute Gasteiger partial charge is 0.450 e. The smallest absolute Gasteiger partial charge is 0.409 e. The summed E-state index contributed by atoms with van der Waals surface area (Å²) < 4.78 is 18.8. The molecule has 0 radical (unpaired) electrons. The van der Waals surface area contributed by atoms with Crippen molar-refractivity contribution in [3.05, 3.63) is 34.1 Å². The number of rotatable bonds is 4. The molecule has 1 aliphatic rings. The van der Waals surface area contributed by atoms with Crippen LogP contribution in [0.4, 0.5) is 20.6 Å². The number of non-ortho nitro benzene ring substituents is 1. The van der Waals surface area contributed by atoms with Gasteiger partial charge in [-0.2, -0.15) is 0 Å². The lowest BCUT2D eigenvalue weighted by atomic mass is 10.0. The third-order valence-electron chi connectivity index (χ3n) is 3.54. The van der Waals surface area contributed by atoms with E-state index in [2.05, 4.69) is 5.32 Å². The normalized spacial score (nSPS) is 15.5. The molecule has 1 heterocycles. The molecule has 1 aromatic rings. The summed E-state index contributed by atoms with van der Waals surface area (Å²) in [7, 11) is 0. The van der Waals surface area contributed by atoms with Crippen LogP contribution in [-0.2, 0) is 4.74 Å². The first-order chi connectivity index (χ1) is 10.5. The molecule has 1 fully saturated rings. The number of benzene rings is 1. The molecule has 1 aromatic carbocycles. The van der Waals surface area contributed by atoms with Gasteiger partial charge in [0.1, 0.15) is 0 Å². The highest BCUT2D eigenvalue weighted by Gasteiger charge is 2.24. The van der Waals surface area contributed by atoms with Gasteiger partial charge in [-0.3, -0.25) is 10.1 Å². The molecule has 7 nitrogen and oxygen atoms in total. The molecule has 22 heavy (non-hydrogen) atoms. The van der Waals surface area contributed by atoms with Gasteiger partial charge in [-0.05, 0) is 25.8 Å². The minimum absolute atomic E-state index is 0.0154. The predicted molar refractivity (Wildman–Crippen MR) is 78.3 cm³/mol. The Balaban J connectivity index is 1.91. The van der Waals surface area contributed by atoms with Gasteiger partial charge < -0.3 is 15.0 Å². The fourth-order valence-electron chi connectivity index (χ4n) is 2.38. The maximum Gasteiger partial charge on any atom is 0.409 e. The monoisotopic (exact) mass is 311 g/mol. The van der Waals surface area contributed by atoms with Crippen molar-refractivity contribution in [2.45, 2.75) is 25.8 Å². The van der Waals surface area contributed by atoms with Crippen molar-refractivity contribution >= 4 is 17.5 Å². The van der Waals surface area contributed by atoms with E-state index in [0.717, 1.165) is 6.07 Å². The molecule has 0 aromatic heterocycles. The number of carbonyl (C=O) groups is 1. The van der Waals surface area contributed by atoms with E-state index in [0.29, 0.717) is 32.5 Å². The highest BCUT2D eigenvalue weighted by Crippen LogP contribution is 2.23. The molecule has 0 atom stereocenters. The third-order valence-corrected chi connectivity index (χ3v) is 3.54. The number of piperidine rings is 1. The number of ether oxygens (including phenoxy) is 1. The van der Waals surface area contributed by atoms with Gasteiger partial charge in [0.15, 0.2) is 5.82 Å². The Labute approximate surface area is 127 Å². The Kier molecular flexibility index (Phi) is 5.13. The minimum atomic E-state index is -0.651. The molecular formula is C14H18FN3O4. The van der Waals surface area contributed by atoms with E-state index >= 15 is 0 Å². The molecule has 0 saturated carbocycles. The van der Waals surface area contributed by atoms with Gasteiger partial charge in [-0.15, -0.1) is 0 Å². The van der Waals surface area contributed by atoms with E-state index in [1.165, 1.54) is 12.1 Å². The van der Waals surface area contributed by atoms with Crippen molar-refractivity contribution in [3.63, 3.8) is 0 Å². The molecule has 8 heteroatoms. The topological polar surface area (TPSA) is 84.7 Å². The fourth-order valence-corrected chi connectivity index (χ4v) is 2.38. The second-order valence-corrected chi connectivity index (χ2v) is 5.03. The van der Waals surface area contributed by atoms with Gasteiger partial charge >= 0.3 is 6.09 Å². The Morgan fingerprint density at radius 3 is 2.73 bits per heavy atom. The summed E-state index contributed by atoms with van der Waals surface area (Å²) in [5.41, 5.74) is -0.0413. The molecule has 1 amide bonds. The van der Waals surface area contributed by atoms with Crippen molar-refractivity contribution in [2.24, 2.45) is 0 Å². The van der Waals surface area contributed by atoms with Crippen LogP contribution in [0.5, 0.6) is 0 Å². The molecule has 120 valence electrons. The van der Waals surface area contributed by atoms with E-state index in [-0.39, 0.29) is 23.5 Å². The Morgan fingerprint density at radius 2 is 2.18 bits per heavy atom. The lowest BCUT2D eigenvalue weighted by molar-refractivity contribution is -0.385. The summed E-state index contributed by atoms with van der Waals surface area (Å²) in [5, 5.41) is 13.6. The highest BCUT2D eigenvalue weighted by molar-refractivity contribution is 5.67. The number of carbonyl (C=O) groups excluding carboxylic acids is 1. The van der Waals surface area contributed by atoms with Crippen LogP contribution >= 0.6 is 0 Å². The van der Waals surface area contributed by atoms with Gasteiger partial charge in [0.25, 0.3) is 5.69 Å². The Morgan fingerprint density at radius 1 is 1.50 bits per heavy atom. The maximum absolute atomic E-state index is 13.8. The summed E-state index contributed by atoms with van der Waals surface area (Å²) >= 11 is 0. The average molecular weight is 311 g/mol. The molecule has 1 saturated heterocycles. The van der Waals surface area contributed by atoms with Gasteiger partial charge in [0.2, 0.25) is 0 Å². The van der Waals surface area contributed by atoms with Crippen molar-refractivity contribution in [1.29, 1.82) is 0 Å². The molecule has 0 aliphatic carbocycles. The van der Waals surface area contributed by atoms with E-state index in [9.17, 15) is 19.3 Å². The van der Waals surface area contributed by atoms with E-state index in [1.54, 1.807) is 11.8 Å². The summed E-state index contributed by atoms with van der Waals surface area (Å²) in [6.07, 6.45) is 0.993. The third kappa shape index (κ3) is 3.84. The number of anilines is 1. The number of amides is 1. The zero-order valence-corrected chi connectivity index (χ0v) is 12.3. The predicted octanol–water partition coefficient (Wildman–Crippen LogP) is 2.77. The summed E-state index contributed by atoms with van der Waals surface area (Å²) in [6.45, 7) is 3.16. The SMILES string of the molecule is CCOC(=O)N1CCC(Nc2ccc([N+](=O)[O-])cc2F)CC1. The maximum atomic E-state index is 13.8. The standard InChI is InChI=1S/C14H18FN3O4/c1-2-22-14(19)17-7-5-10(6-8-17)16-13-4-3-11(18(20)21)9-12(13)15/h3-4,9-10,16H,2,5-8H2,1H3. The number of nitrogens with zero attached hydrogens (tertiary/aromatic N) is 2. The molecular weight excluding hydrogens is 293 g/mol. The molecule has 0 unspecified atom stereocenters. The molecule has 2 rings (SSSR count). The van der Waals surface area contributed by atoms with Gasteiger partial charge in [0, 0.05) is 25.2 Å². The van der Waals surface area contributed by atoms with E-state index in [1.807, 2.05) is 0 Å². The molecule has 1 N–H and O–H groups in total. The van der Waals surface area contributed by atoms with Gasteiger partial charge in [-0.1, -0.05) is 0 Å². The van der Waals surface area contributed by atoms with Crippen LogP contribution in [0.15, 0.2) is 18.2 Å². The summed E-state index contributed by atoms with van der Waals surface area (Å²) in [5.74, 6) is -0.651. The number of hydrogen-bond acceptors (Lipinski definition) is 5. The van der Waals surface area contributed by atoms with Gasteiger partial charge in [0.05, 0.1) is 23.3 Å². The van der Waals surface area contributed by atoms with Crippen LogP contribution in [0.2, 0.25) is 0 Å². The van der Waals surface area contributed by atoms with Crippen LogP contribution in [-0.4, -0.2) is 41.7 Å². The number of likely N-dealkylation sites (tertiary alicyclic amines) is 1. The zero-order chi connectivity index (χ0) is 16.1. The Hall–Kier alpha value is -2.38. The first-order valence-corrected chi connectivity index (χ1v) is 7.13. The van der Waals surface area contributed by atoms with Crippen LogP contribution in [0.3, 0.4) is 0 Å². The van der Waals surface area contributed by atoms with Crippen LogP contribution in [0.1, 0.15) is 19.8 Å². The molecule has 1 aliphatic heterocycles. The number of hydrogen-bond donors (Lipinski definition) is 1. The zero-order valence-electron chi connectivity index (χ0n) is 12.3. The van der Waals surface area contributed by atoms with Gasteiger partial charge in [-0.25, -0.2) is 9.18 Å². The van der Waals surface area contributed by atoms with Crippen LogP contribution in [0.25, 0.3) is 0 Å². The van der Waals surface area contributed by atoms with Crippen LogP contribution in [0, 0.1) is 15.9 Å². The second-order valence-electron chi connectivity index (χ2n) is 5.03.